The second kappa shape index (κ2) is 7.17. The predicted octanol–water partition coefficient (Wildman–Crippen LogP) is 3.77. The SMILES string of the molecule is CCc1nc2ccccc2n1CCCOc1ccccc1C(=O)O. The molecule has 2 aromatic carbocycles. The van der Waals surface area contributed by atoms with Gasteiger partial charge in [0.15, 0.2) is 0 Å². The number of carboxylic acids is 1. The molecular weight excluding hydrogens is 304 g/mol. The first-order valence-corrected chi connectivity index (χ1v) is 8.10. The zero-order chi connectivity index (χ0) is 16.9. The maximum atomic E-state index is 11.2. The number of aryl methyl sites for hydroxylation is 2. The minimum atomic E-state index is -0.973. The monoisotopic (exact) mass is 324 g/mol. The van der Waals surface area contributed by atoms with Crippen LogP contribution in [0.1, 0.15) is 29.5 Å². The first-order valence-electron chi connectivity index (χ1n) is 8.10. The fourth-order valence-electron chi connectivity index (χ4n) is 2.82. The molecule has 0 aliphatic rings. The maximum Gasteiger partial charge on any atom is 0.339 e. The van der Waals surface area contributed by atoms with Crippen molar-refractivity contribution in [1.29, 1.82) is 0 Å². The van der Waals surface area contributed by atoms with E-state index in [0.29, 0.717) is 12.4 Å². The van der Waals surface area contributed by atoms with Crippen molar-refractivity contribution >= 4 is 17.0 Å². The third kappa shape index (κ3) is 3.25. The Kier molecular flexibility index (Phi) is 4.79. The van der Waals surface area contributed by atoms with Crippen LogP contribution in [0, 0.1) is 0 Å². The number of hydrogen-bond acceptors (Lipinski definition) is 3. The lowest BCUT2D eigenvalue weighted by atomic mass is 10.2. The molecule has 0 amide bonds. The van der Waals surface area contributed by atoms with Crippen molar-refractivity contribution in [3.05, 3.63) is 59.9 Å². The lowest BCUT2D eigenvalue weighted by Gasteiger charge is -2.11. The molecule has 1 heterocycles. The standard InChI is InChI=1S/C19H20N2O3/c1-2-18-20-15-9-4-5-10-16(15)21(18)12-7-13-24-17-11-6-3-8-14(17)19(22)23/h3-6,8-11H,2,7,12-13H2,1H3,(H,22,23). The lowest BCUT2D eigenvalue weighted by molar-refractivity contribution is 0.0692. The molecule has 1 aromatic heterocycles. The number of fused-ring (bicyclic) bond motifs is 1. The topological polar surface area (TPSA) is 64.4 Å². The van der Waals surface area contributed by atoms with Crippen LogP contribution in [0.25, 0.3) is 11.0 Å². The summed E-state index contributed by atoms with van der Waals surface area (Å²) in [4.78, 5) is 15.8. The Labute approximate surface area is 140 Å². The number of aromatic nitrogens is 2. The highest BCUT2D eigenvalue weighted by atomic mass is 16.5. The number of ether oxygens (including phenoxy) is 1. The van der Waals surface area contributed by atoms with Crippen molar-refractivity contribution in [2.45, 2.75) is 26.3 Å². The minimum Gasteiger partial charge on any atom is -0.493 e. The summed E-state index contributed by atoms with van der Waals surface area (Å²) in [6, 6.07) is 14.8. The van der Waals surface area contributed by atoms with Crippen LogP contribution >= 0.6 is 0 Å². The molecule has 24 heavy (non-hydrogen) atoms. The molecule has 0 radical (unpaired) electrons. The number of carbonyl (C=O) groups is 1. The second-order valence-corrected chi connectivity index (χ2v) is 5.53. The summed E-state index contributed by atoms with van der Waals surface area (Å²) in [5.41, 5.74) is 2.33. The van der Waals surface area contributed by atoms with Crippen molar-refractivity contribution < 1.29 is 14.6 Å². The lowest BCUT2D eigenvalue weighted by Crippen LogP contribution is -2.09. The Morgan fingerprint density at radius 2 is 1.92 bits per heavy atom. The van der Waals surface area contributed by atoms with Gasteiger partial charge in [0.05, 0.1) is 17.6 Å². The van der Waals surface area contributed by atoms with Crippen LogP contribution in [0.4, 0.5) is 0 Å². The molecule has 0 atom stereocenters. The van der Waals surface area contributed by atoms with E-state index >= 15 is 0 Å². The fourth-order valence-corrected chi connectivity index (χ4v) is 2.82. The minimum absolute atomic E-state index is 0.194. The molecular formula is C19H20N2O3. The van der Waals surface area contributed by atoms with Crippen LogP contribution in [0.2, 0.25) is 0 Å². The molecule has 0 spiro atoms. The van der Waals surface area contributed by atoms with Gasteiger partial charge in [-0.1, -0.05) is 31.2 Å². The van der Waals surface area contributed by atoms with E-state index in [9.17, 15) is 4.79 Å². The number of carboxylic acid groups (broad SMARTS) is 1. The van der Waals surface area contributed by atoms with Crippen LogP contribution in [-0.2, 0) is 13.0 Å². The summed E-state index contributed by atoms with van der Waals surface area (Å²) in [6.45, 7) is 3.34. The van der Waals surface area contributed by atoms with E-state index in [0.717, 1.165) is 36.2 Å². The van der Waals surface area contributed by atoms with Gasteiger partial charge in [0.1, 0.15) is 17.1 Å². The Morgan fingerprint density at radius 3 is 2.71 bits per heavy atom. The average Bonchev–Trinajstić information content (AvgIpc) is 2.97. The number of imidazole rings is 1. The Hall–Kier alpha value is -2.82. The number of hydrogen-bond donors (Lipinski definition) is 1. The highest BCUT2D eigenvalue weighted by Gasteiger charge is 2.11. The summed E-state index contributed by atoms with van der Waals surface area (Å²) in [7, 11) is 0. The number of nitrogens with zero attached hydrogens (tertiary/aromatic N) is 2. The van der Waals surface area contributed by atoms with E-state index < -0.39 is 5.97 Å². The van der Waals surface area contributed by atoms with Gasteiger partial charge in [0.25, 0.3) is 0 Å². The van der Waals surface area contributed by atoms with Crippen LogP contribution < -0.4 is 4.74 Å². The molecule has 5 heteroatoms. The number of benzene rings is 2. The maximum absolute atomic E-state index is 11.2. The largest absolute Gasteiger partial charge is 0.493 e. The van der Waals surface area contributed by atoms with Crippen molar-refractivity contribution in [3.8, 4) is 5.75 Å². The molecule has 3 rings (SSSR count). The smallest absolute Gasteiger partial charge is 0.339 e. The van der Waals surface area contributed by atoms with Crippen LogP contribution in [0.5, 0.6) is 5.75 Å². The van der Waals surface area contributed by atoms with Gasteiger partial charge in [-0.15, -0.1) is 0 Å². The summed E-state index contributed by atoms with van der Waals surface area (Å²) in [5.74, 6) is 0.498. The Bertz CT molecular complexity index is 855. The highest BCUT2D eigenvalue weighted by molar-refractivity contribution is 5.90. The Balaban J connectivity index is 1.66. The van der Waals surface area contributed by atoms with Crippen molar-refractivity contribution in [3.63, 3.8) is 0 Å². The zero-order valence-corrected chi connectivity index (χ0v) is 13.6. The molecule has 5 nitrogen and oxygen atoms in total. The van der Waals surface area contributed by atoms with Gasteiger partial charge in [-0.2, -0.15) is 0 Å². The van der Waals surface area contributed by atoms with Gasteiger partial charge in [-0.05, 0) is 30.7 Å². The van der Waals surface area contributed by atoms with Gasteiger partial charge in [-0.3, -0.25) is 0 Å². The molecule has 0 saturated heterocycles. The molecule has 3 aromatic rings. The van der Waals surface area contributed by atoms with Crippen molar-refractivity contribution in [2.24, 2.45) is 0 Å². The van der Waals surface area contributed by atoms with Gasteiger partial charge < -0.3 is 14.4 Å². The van der Waals surface area contributed by atoms with E-state index in [4.69, 9.17) is 9.84 Å². The van der Waals surface area contributed by atoms with Crippen LogP contribution in [0.3, 0.4) is 0 Å². The van der Waals surface area contributed by atoms with Gasteiger partial charge in [-0.25, -0.2) is 9.78 Å². The van der Waals surface area contributed by atoms with E-state index in [1.165, 1.54) is 0 Å². The summed E-state index contributed by atoms with van der Waals surface area (Å²) in [6.07, 6.45) is 1.65. The highest BCUT2D eigenvalue weighted by Crippen LogP contribution is 2.19. The first kappa shape index (κ1) is 16.1. The van der Waals surface area contributed by atoms with E-state index in [-0.39, 0.29) is 5.56 Å². The van der Waals surface area contributed by atoms with Gasteiger partial charge in [0, 0.05) is 13.0 Å². The Morgan fingerprint density at radius 1 is 1.17 bits per heavy atom. The zero-order valence-electron chi connectivity index (χ0n) is 13.6. The molecule has 124 valence electrons. The van der Waals surface area contributed by atoms with E-state index in [1.54, 1.807) is 24.3 Å². The molecule has 0 unspecified atom stereocenters. The molecule has 0 aliphatic heterocycles. The molecule has 0 bridgehead atoms. The molecule has 0 fully saturated rings. The molecule has 1 N–H and O–H groups in total. The van der Waals surface area contributed by atoms with Crippen molar-refractivity contribution in [1.82, 2.24) is 9.55 Å². The van der Waals surface area contributed by atoms with Gasteiger partial charge >= 0.3 is 5.97 Å². The summed E-state index contributed by atoms with van der Waals surface area (Å²) < 4.78 is 7.88. The molecule has 0 saturated carbocycles. The second-order valence-electron chi connectivity index (χ2n) is 5.53. The normalized spacial score (nSPS) is 10.9. The molecule has 0 aliphatic carbocycles. The summed E-state index contributed by atoms with van der Waals surface area (Å²) >= 11 is 0. The number of para-hydroxylation sites is 3. The van der Waals surface area contributed by atoms with E-state index in [1.807, 2.05) is 18.2 Å². The summed E-state index contributed by atoms with van der Waals surface area (Å²) in [5, 5.41) is 9.17. The number of rotatable bonds is 7. The number of aromatic carboxylic acids is 1. The quantitative estimate of drug-likeness (QED) is 0.672. The average molecular weight is 324 g/mol. The predicted molar refractivity (Wildman–Crippen MR) is 92.6 cm³/mol. The van der Waals surface area contributed by atoms with E-state index in [2.05, 4.69) is 22.5 Å². The fraction of sp³-hybridized carbons (Fsp3) is 0.263. The van der Waals surface area contributed by atoms with Crippen LogP contribution in [-0.4, -0.2) is 27.2 Å². The van der Waals surface area contributed by atoms with Crippen molar-refractivity contribution in [2.75, 3.05) is 6.61 Å². The van der Waals surface area contributed by atoms with Gasteiger partial charge in [0.2, 0.25) is 0 Å². The third-order valence-electron chi connectivity index (χ3n) is 3.95. The first-order chi connectivity index (χ1) is 11.7. The third-order valence-corrected chi connectivity index (χ3v) is 3.95. The van der Waals surface area contributed by atoms with Crippen LogP contribution in [0.15, 0.2) is 48.5 Å².